The molecule has 0 amide bonds. The van der Waals surface area contributed by atoms with E-state index in [2.05, 4.69) is 23.8 Å². The van der Waals surface area contributed by atoms with Crippen LogP contribution in [0.1, 0.15) is 70.1 Å². The minimum Gasteiger partial charge on any atom is -0.494 e. The van der Waals surface area contributed by atoms with Crippen LogP contribution in [0.25, 0.3) is 5.69 Å². The number of ether oxygens (including phenoxy) is 1. The largest absolute Gasteiger partial charge is 0.494 e. The van der Waals surface area contributed by atoms with Crippen molar-refractivity contribution in [3.63, 3.8) is 0 Å². The van der Waals surface area contributed by atoms with Gasteiger partial charge >= 0.3 is 5.97 Å². The van der Waals surface area contributed by atoms with Crippen LogP contribution in [0.2, 0.25) is 0 Å². The molecular weight excluding hydrogens is 402 g/mol. The van der Waals surface area contributed by atoms with Gasteiger partial charge in [-0.2, -0.15) is 5.10 Å². The van der Waals surface area contributed by atoms with Gasteiger partial charge in [-0.05, 0) is 81.8 Å². The second-order valence-electron chi connectivity index (χ2n) is 9.36. The molecule has 176 valence electrons. The molecule has 6 nitrogen and oxygen atoms in total. The number of rotatable bonds is 12. The second-order valence-corrected chi connectivity index (χ2v) is 9.36. The third-order valence-electron chi connectivity index (χ3n) is 6.62. The van der Waals surface area contributed by atoms with Crippen LogP contribution in [0, 0.1) is 18.8 Å². The van der Waals surface area contributed by atoms with Crippen molar-refractivity contribution in [1.29, 1.82) is 0 Å². The summed E-state index contributed by atoms with van der Waals surface area (Å²) in [6.45, 7) is 10.4. The summed E-state index contributed by atoms with van der Waals surface area (Å²) >= 11 is 0. The second kappa shape index (κ2) is 12.0. The van der Waals surface area contributed by atoms with E-state index in [1.165, 1.54) is 50.0 Å². The van der Waals surface area contributed by atoms with Gasteiger partial charge in [0.05, 0.1) is 18.5 Å². The van der Waals surface area contributed by atoms with Gasteiger partial charge in [0, 0.05) is 24.2 Å². The Labute approximate surface area is 192 Å². The molecule has 1 aliphatic heterocycles. The SMILES string of the molecule is CCCC1CCN(Cc2cnn(-c3ccc(OCCCC(C)CC(=O)O)cc3)c2C)CC1. The normalized spacial score (nSPS) is 16.2. The first-order chi connectivity index (χ1) is 15.5. The number of carbonyl (C=O) groups is 1. The Balaban J connectivity index is 1.48. The number of carboxylic acids is 1. The third-order valence-corrected chi connectivity index (χ3v) is 6.62. The number of carboxylic acid groups (broad SMARTS) is 1. The smallest absolute Gasteiger partial charge is 0.303 e. The van der Waals surface area contributed by atoms with Crippen LogP contribution < -0.4 is 4.74 Å². The monoisotopic (exact) mass is 441 g/mol. The minimum absolute atomic E-state index is 0.179. The summed E-state index contributed by atoms with van der Waals surface area (Å²) in [4.78, 5) is 13.3. The molecule has 3 rings (SSSR count). The summed E-state index contributed by atoms with van der Waals surface area (Å²) in [7, 11) is 0. The van der Waals surface area contributed by atoms with E-state index in [-0.39, 0.29) is 12.3 Å². The van der Waals surface area contributed by atoms with Crippen molar-refractivity contribution in [2.45, 2.75) is 72.3 Å². The van der Waals surface area contributed by atoms with E-state index in [9.17, 15) is 4.79 Å². The topological polar surface area (TPSA) is 67.6 Å². The molecular formula is C26H39N3O3. The molecule has 2 aromatic rings. The van der Waals surface area contributed by atoms with Gasteiger partial charge in [0.1, 0.15) is 5.75 Å². The molecule has 1 fully saturated rings. The molecule has 32 heavy (non-hydrogen) atoms. The first kappa shape index (κ1) is 24.3. The van der Waals surface area contributed by atoms with Crippen molar-refractivity contribution in [3.05, 3.63) is 41.7 Å². The molecule has 1 atom stereocenters. The lowest BCUT2D eigenvalue weighted by Gasteiger charge is -2.31. The molecule has 6 heteroatoms. The maximum absolute atomic E-state index is 10.7. The molecule has 2 heterocycles. The molecule has 0 saturated carbocycles. The number of hydrogen-bond donors (Lipinski definition) is 1. The van der Waals surface area contributed by atoms with Crippen LogP contribution in [0.4, 0.5) is 0 Å². The molecule has 1 aromatic carbocycles. The Bertz CT molecular complexity index is 839. The van der Waals surface area contributed by atoms with Gasteiger partial charge in [-0.25, -0.2) is 4.68 Å². The lowest BCUT2D eigenvalue weighted by Crippen LogP contribution is -2.33. The van der Waals surface area contributed by atoms with Gasteiger partial charge in [-0.1, -0.05) is 26.7 Å². The number of aromatic nitrogens is 2. The van der Waals surface area contributed by atoms with E-state index in [4.69, 9.17) is 9.84 Å². The van der Waals surface area contributed by atoms with E-state index >= 15 is 0 Å². The number of benzene rings is 1. The first-order valence-corrected chi connectivity index (χ1v) is 12.2. The number of hydrogen-bond acceptors (Lipinski definition) is 4. The molecule has 0 radical (unpaired) electrons. The number of likely N-dealkylation sites (tertiary alicyclic amines) is 1. The van der Waals surface area contributed by atoms with Crippen molar-refractivity contribution >= 4 is 5.97 Å². The fourth-order valence-corrected chi connectivity index (χ4v) is 4.65. The Hall–Kier alpha value is -2.34. The molecule has 1 unspecified atom stereocenters. The summed E-state index contributed by atoms with van der Waals surface area (Å²) in [5, 5.41) is 13.5. The van der Waals surface area contributed by atoms with Crippen molar-refractivity contribution in [1.82, 2.24) is 14.7 Å². The molecule has 1 aromatic heterocycles. The summed E-state index contributed by atoms with van der Waals surface area (Å²) in [6, 6.07) is 8.05. The average Bonchev–Trinajstić information content (AvgIpc) is 3.13. The van der Waals surface area contributed by atoms with Crippen molar-refractivity contribution in [2.24, 2.45) is 11.8 Å². The highest BCUT2D eigenvalue weighted by Gasteiger charge is 2.20. The number of aliphatic carboxylic acids is 1. The zero-order chi connectivity index (χ0) is 22.9. The molecule has 0 aliphatic carbocycles. The van der Waals surface area contributed by atoms with Gasteiger partial charge in [0.25, 0.3) is 0 Å². The van der Waals surface area contributed by atoms with E-state index in [1.54, 1.807) is 0 Å². The Morgan fingerprint density at radius 2 is 1.97 bits per heavy atom. The van der Waals surface area contributed by atoms with Gasteiger partial charge in [0.15, 0.2) is 0 Å². The molecule has 0 bridgehead atoms. The van der Waals surface area contributed by atoms with Gasteiger partial charge in [-0.3, -0.25) is 9.69 Å². The quantitative estimate of drug-likeness (QED) is 0.443. The standard InChI is InChI=1S/C26H39N3O3/c1-4-6-22-12-14-28(15-13-22)19-23-18-27-29(21(23)3)24-8-10-25(11-9-24)32-16-5-7-20(2)17-26(30)31/h8-11,18,20,22H,4-7,12-17,19H2,1-3H3,(H,30,31). The van der Waals surface area contributed by atoms with Crippen LogP contribution in [0.15, 0.2) is 30.5 Å². The van der Waals surface area contributed by atoms with Crippen LogP contribution in [0.3, 0.4) is 0 Å². The highest BCUT2D eigenvalue weighted by molar-refractivity contribution is 5.66. The summed E-state index contributed by atoms with van der Waals surface area (Å²) < 4.78 is 7.84. The van der Waals surface area contributed by atoms with E-state index in [0.29, 0.717) is 6.61 Å². The molecule has 1 aliphatic rings. The summed E-state index contributed by atoms with van der Waals surface area (Å²) in [5.74, 6) is 1.19. The van der Waals surface area contributed by atoms with Crippen molar-refractivity contribution < 1.29 is 14.6 Å². The van der Waals surface area contributed by atoms with E-state index in [0.717, 1.165) is 36.7 Å². The van der Waals surface area contributed by atoms with Crippen LogP contribution in [-0.4, -0.2) is 45.5 Å². The van der Waals surface area contributed by atoms with Crippen molar-refractivity contribution in [3.8, 4) is 11.4 Å². The van der Waals surface area contributed by atoms with Crippen LogP contribution >= 0.6 is 0 Å². The zero-order valence-electron chi connectivity index (χ0n) is 19.9. The maximum Gasteiger partial charge on any atom is 0.303 e. The number of nitrogens with zero attached hydrogens (tertiary/aromatic N) is 3. The zero-order valence-corrected chi connectivity index (χ0v) is 19.9. The molecule has 1 saturated heterocycles. The Morgan fingerprint density at radius 1 is 1.25 bits per heavy atom. The predicted octanol–water partition coefficient (Wildman–Crippen LogP) is 5.46. The first-order valence-electron chi connectivity index (χ1n) is 12.2. The van der Waals surface area contributed by atoms with Gasteiger partial charge in [-0.15, -0.1) is 0 Å². The van der Waals surface area contributed by atoms with Gasteiger partial charge < -0.3 is 9.84 Å². The predicted molar refractivity (Wildman–Crippen MR) is 127 cm³/mol. The maximum atomic E-state index is 10.7. The Kier molecular flexibility index (Phi) is 9.15. The third kappa shape index (κ3) is 7.09. The highest BCUT2D eigenvalue weighted by atomic mass is 16.5. The van der Waals surface area contributed by atoms with E-state index < -0.39 is 5.97 Å². The fraction of sp³-hybridized carbons (Fsp3) is 0.615. The van der Waals surface area contributed by atoms with Gasteiger partial charge in [0.2, 0.25) is 0 Å². The summed E-state index contributed by atoms with van der Waals surface area (Å²) in [6.07, 6.45) is 9.25. The molecule has 0 spiro atoms. The summed E-state index contributed by atoms with van der Waals surface area (Å²) in [5.41, 5.74) is 3.54. The lowest BCUT2D eigenvalue weighted by molar-refractivity contribution is -0.138. The fourth-order valence-electron chi connectivity index (χ4n) is 4.65. The number of piperidine rings is 1. The van der Waals surface area contributed by atoms with Crippen molar-refractivity contribution in [2.75, 3.05) is 19.7 Å². The highest BCUT2D eigenvalue weighted by Crippen LogP contribution is 2.24. The Morgan fingerprint density at radius 3 is 2.62 bits per heavy atom. The average molecular weight is 442 g/mol. The van der Waals surface area contributed by atoms with Crippen LogP contribution in [0.5, 0.6) is 5.75 Å². The lowest BCUT2D eigenvalue weighted by atomic mass is 9.92. The van der Waals surface area contributed by atoms with E-state index in [1.807, 2.05) is 42.1 Å². The molecule has 1 N–H and O–H groups in total. The minimum atomic E-state index is -0.734. The van der Waals surface area contributed by atoms with Crippen LogP contribution in [-0.2, 0) is 11.3 Å².